The highest BCUT2D eigenvalue weighted by Gasteiger charge is 2.16. The molecule has 0 atom stereocenters. The lowest BCUT2D eigenvalue weighted by Gasteiger charge is -2.25. The van der Waals surface area contributed by atoms with E-state index in [0.29, 0.717) is 5.41 Å². The monoisotopic (exact) mass is 359 g/mol. The number of hydrogen-bond donors (Lipinski definition) is 1. The molecule has 0 aromatic heterocycles. The second kappa shape index (κ2) is 8.16. The van der Waals surface area contributed by atoms with E-state index < -0.39 is 0 Å². The van der Waals surface area contributed by atoms with E-state index in [-0.39, 0.29) is 0 Å². The fourth-order valence-electron chi connectivity index (χ4n) is 2.09. The molecular weight excluding hydrogens is 333 g/mol. The van der Waals surface area contributed by atoms with Crippen molar-refractivity contribution in [3.63, 3.8) is 0 Å². The molecule has 0 aliphatic carbocycles. The molecule has 0 unspecified atom stereocenters. The molecule has 1 nitrogen and oxygen atoms in total. The molecule has 18 heavy (non-hydrogen) atoms. The van der Waals surface area contributed by atoms with Crippen molar-refractivity contribution in [2.75, 3.05) is 6.54 Å². The van der Waals surface area contributed by atoms with Crippen molar-refractivity contribution in [1.82, 2.24) is 5.32 Å². The van der Waals surface area contributed by atoms with Gasteiger partial charge in [0.05, 0.1) is 0 Å². The van der Waals surface area contributed by atoms with Crippen LogP contribution in [0.4, 0.5) is 0 Å². The van der Waals surface area contributed by atoms with Gasteiger partial charge in [-0.1, -0.05) is 52.2 Å². The van der Waals surface area contributed by atoms with Crippen LogP contribution >= 0.6 is 22.6 Å². The summed E-state index contributed by atoms with van der Waals surface area (Å²) in [6.07, 6.45) is 5.35. The third-order valence-corrected chi connectivity index (χ3v) is 4.02. The van der Waals surface area contributed by atoms with E-state index in [2.05, 4.69) is 72.9 Å². The molecule has 1 aromatic carbocycles. The van der Waals surface area contributed by atoms with Crippen LogP contribution in [0.15, 0.2) is 24.3 Å². The van der Waals surface area contributed by atoms with E-state index in [1.54, 1.807) is 0 Å². The summed E-state index contributed by atoms with van der Waals surface area (Å²) in [5, 5.41) is 3.59. The van der Waals surface area contributed by atoms with Crippen molar-refractivity contribution in [2.24, 2.45) is 5.41 Å². The van der Waals surface area contributed by atoms with Crippen LogP contribution in [0.25, 0.3) is 0 Å². The van der Waals surface area contributed by atoms with Crippen molar-refractivity contribution in [3.8, 4) is 0 Å². The lowest BCUT2D eigenvalue weighted by atomic mass is 9.87. The fraction of sp³-hybridized carbons (Fsp3) is 0.625. The van der Waals surface area contributed by atoms with Crippen LogP contribution in [-0.2, 0) is 6.54 Å². The average molecular weight is 359 g/mol. The molecule has 0 saturated heterocycles. The molecule has 0 spiro atoms. The van der Waals surface area contributed by atoms with Crippen molar-refractivity contribution in [3.05, 3.63) is 33.4 Å². The van der Waals surface area contributed by atoms with Crippen LogP contribution < -0.4 is 5.32 Å². The first kappa shape index (κ1) is 16.0. The molecule has 0 saturated carbocycles. The Hall–Kier alpha value is -0.0900. The van der Waals surface area contributed by atoms with Crippen LogP contribution in [0.3, 0.4) is 0 Å². The van der Waals surface area contributed by atoms with Gasteiger partial charge >= 0.3 is 0 Å². The predicted molar refractivity (Wildman–Crippen MR) is 88.8 cm³/mol. The van der Waals surface area contributed by atoms with Gasteiger partial charge in [-0.2, -0.15) is 0 Å². The van der Waals surface area contributed by atoms with E-state index in [9.17, 15) is 0 Å². The Labute approximate surface area is 126 Å². The van der Waals surface area contributed by atoms with Gasteiger partial charge in [0.1, 0.15) is 0 Å². The highest BCUT2D eigenvalue weighted by molar-refractivity contribution is 14.1. The summed E-state index contributed by atoms with van der Waals surface area (Å²) in [6, 6.07) is 8.76. The molecule has 1 rings (SSSR count). The highest BCUT2D eigenvalue weighted by atomic mass is 127. The maximum Gasteiger partial charge on any atom is 0.0205 e. The molecule has 0 heterocycles. The maximum atomic E-state index is 3.59. The molecule has 1 aromatic rings. The van der Waals surface area contributed by atoms with Crippen molar-refractivity contribution in [1.29, 1.82) is 0 Å². The Kier molecular flexibility index (Phi) is 7.23. The standard InChI is InChI=1S/C16H26IN/c1-4-5-6-11-16(2,3)13-18-12-14-7-9-15(17)10-8-14/h7-10,18H,4-6,11-13H2,1-3H3. The Balaban J connectivity index is 2.25. The van der Waals surface area contributed by atoms with Crippen LogP contribution in [0.5, 0.6) is 0 Å². The Bertz CT molecular complexity index is 329. The zero-order valence-corrected chi connectivity index (χ0v) is 14.1. The minimum Gasteiger partial charge on any atom is -0.312 e. The first-order valence-corrected chi connectivity index (χ1v) is 8.06. The van der Waals surface area contributed by atoms with Crippen LogP contribution in [0, 0.1) is 8.99 Å². The van der Waals surface area contributed by atoms with Crippen LogP contribution in [0.1, 0.15) is 52.0 Å². The number of halogens is 1. The molecule has 0 fully saturated rings. The highest BCUT2D eigenvalue weighted by Crippen LogP contribution is 2.22. The summed E-state index contributed by atoms with van der Waals surface area (Å²) in [6.45, 7) is 9.08. The first-order chi connectivity index (χ1) is 8.53. The van der Waals surface area contributed by atoms with Gasteiger partial charge in [0.25, 0.3) is 0 Å². The van der Waals surface area contributed by atoms with Gasteiger partial charge < -0.3 is 5.32 Å². The largest absolute Gasteiger partial charge is 0.312 e. The topological polar surface area (TPSA) is 12.0 Å². The quantitative estimate of drug-likeness (QED) is 0.510. The molecule has 1 N–H and O–H groups in total. The summed E-state index contributed by atoms with van der Waals surface area (Å²) < 4.78 is 1.30. The number of unbranched alkanes of at least 4 members (excludes halogenated alkanes) is 2. The third-order valence-electron chi connectivity index (χ3n) is 3.30. The van der Waals surface area contributed by atoms with Gasteiger partial charge in [0, 0.05) is 16.7 Å². The summed E-state index contributed by atoms with van der Waals surface area (Å²) in [5.74, 6) is 0. The van der Waals surface area contributed by atoms with Gasteiger partial charge in [-0.25, -0.2) is 0 Å². The minimum absolute atomic E-state index is 0.415. The molecule has 0 bridgehead atoms. The van der Waals surface area contributed by atoms with E-state index in [1.165, 1.54) is 34.8 Å². The fourth-order valence-corrected chi connectivity index (χ4v) is 2.45. The lowest BCUT2D eigenvalue weighted by Crippen LogP contribution is -2.29. The maximum absolute atomic E-state index is 3.59. The van der Waals surface area contributed by atoms with E-state index in [4.69, 9.17) is 0 Å². The number of nitrogens with one attached hydrogen (secondary N) is 1. The van der Waals surface area contributed by atoms with Gasteiger partial charge in [0.15, 0.2) is 0 Å². The number of rotatable bonds is 8. The summed E-state index contributed by atoms with van der Waals surface area (Å²) in [4.78, 5) is 0. The zero-order chi connectivity index (χ0) is 13.4. The second-order valence-electron chi connectivity index (χ2n) is 5.85. The van der Waals surface area contributed by atoms with Gasteiger partial charge in [-0.05, 0) is 52.1 Å². The molecule has 0 aliphatic rings. The smallest absolute Gasteiger partial charge is 0.0205 e. The molecular formula is C16H26IN. The van der Waals surface area contributed by atoms with Crippen molar-refractivity contribution < 1.29 is 0 Å². The normalized spacial score (nSPS) is 11.8. The molecule has 2 heteroatoms. The van der Waals surface area contributed by atoms with E-state index >= 15 is 0 Å². The van der Waals surface area contributed by atoms with E-state index in [0.717, 1.165) is 13.1 Å². The third kappa shape index (κ3) is 6.74. The molecule has 0 amide bonds. The minimum atomic E-state index is 0.415. The Morgan fingerprint density at radius 1 is 1.11 bits per heavy atom. The SMILES string of the molecule is CCCCCC(C)(C)CNCc1ccc(I)cc1. The molecule has 0 aliphatic heterocycles. The van der Waals surface area contributed by atoms with Crippen LogP contribution in [-0.4, -0.2) is 6.54 Å². The van der Waals surface area contributed by atoms with Crippen molar-refractivity contribution in [2.45, 2.75) is 53.0 Å². The molecule has 102 valence electrons. The predicted octanol–water partition coefficient (Wildman–Crippen LogP) is 4.99. The number of benzene rings is 1. The van der Waals surface area contributed by atoms with Crippen LogP contribution in [0.2, 0.25) is 0 Å². The summed E-state index contributed by atoms with van der Waals surface area (Å²) in [7, 11) is 0. The Morgan fingerprint density at radius 3 is 2.39 bits per heavy atom. The van der Waals surface area contributed by atoms with Gasteiger partial charge in [-0.15, -0.1) is 0 Å². The average Bonchev–Trinajstić information content (AvgIpc) is 2.32. The molecule has 0 radical (unpaired) electrons. The van der Waals surface area contributed by atoms with Gasteiger partial charge in [0.2, 0.25) is 0 Å². The lowest BCUT2D eigenvalue weighted by molar-refractivity contribution is 0.302. The zero-order valence-electron chi connectivity index (χ0n) is 11.9. The second-order valence-corrected chi connectivity index (χ2v) is 7.10. The van der Waals surface area contributed by atoms with E-state index in [1.807, 2.05) is 0 Å². The van der Waals surface area contributed by atoms with Gasteiger partial charge in [-0.3, -0.25) is 0 Å². The van der Waals surface area contributed by atoms with Crippen molar-refractivity contribution >= 4 is 22.6 Å². The number of hydrogen-bond acceptors (Lipinski definition) is 1. The Morgan fingerprint density at radius 2 is 1.78 bits per heavy atom. The summed E-state index contributed by atoms with van der Waals surface area (Å²) in [5.41, 5.74) is 1.79. The summed E-state index contributed by atoms with van der Waals surface area (Å²) >= 11 is 2.35. The first-order valence-electron chi connectivity index (χ1n) is 6.99.